The molecule has 0 radical (unpaired) electrons. The molecule has 1 N–H and O–H groups in total. The van der Waals surface area contributed by atoms with E-state index in [0.717, 1.165) is 21.2 Å². The molecule has 2 aromatic carbocycles. The monoisotopic (exact) mass is 409 g/mol. The Kier molecular flexibility index (Phi) is 5.94. The van der Waals surface area contributed by atoms with Crippen LogP contribution in [0, 0.1) is 3.57 Å². The Hall–Kier alpha value is -1.89. The van der Waals surface area contributed by atoms with Crippen LogP contribution in [0.15, 0.2) is 48.5 Å². The minimum Gasteiger partial charge on any atom is -0.452 e. The summed E-state index contributed by atoms with van der Waals surface area (Å²) in [5.41, 5.74) is 2.25. The van der Waals surface area contributed by atoms with E-state index >= 15 is 0 Å². The normalized spacial score (nSPS) is 10.1. The second-order valence-corrected chi connectivity index (χ2v) is 5.78. The quantitative estimate of drug-likeness (QED) is 0.606. The van der Waals surface area contributed by atoms with Crippen molar-refractivity contribution in [2.45, 2.75) is 13.3 Å². The largest absolute Gasteiger partial charge is 0.452 e. The van der Waals surface area contributed by atoms with Gasteiger partial charge in [-0.25, -0.2) is 4.79 Å². The summed E-state index contributed by atoms with van der Waals surface area (Å²) in [6, 6.07) is 14.7. The third-order valence-corrected chi connectivity index (χ3v) is 4.04. The van der Waals surface area contributed by atoms with Gasteiger partial charge in [0.25, 0.3) is 5.91 Å². The molecule has 5 heteroatoms. The Bertz CT molecular complexity index is 685. The average molecular weight is 409 g/mol. The number of benzene rings is 2. The van der Waals surface area contributed by atoms with Gasteiger partial charge in [-0.2, -0.15) is 0 Å². The zero-order valence-corrected chi connectivity index (χ0v) is 14.3. The fourth-order valence-corrected chi connectivity index (χ4v) is 2.58. The number of hydrogen-bond acceptors (Lipinski definition) is 3. The van der Waals surface area contributed by atoms with Crippen molar-refractivity contribution in [3.8, 4) is 0 Å². The van der Waals surface area contributed by atoms with Crippen LogP contribution >= 0.6 is 22.6 Å². The van der Waals surface area contributed by atoms with Crippen LogP contribution in [0.5, 0.6) is 0 Å². The number of rotatable bonds is 5. The lowest BCUT2D eigenvalue weighted by molar-refractivity contribution is -0.119. The zero-order chi connectivity index (χ0) is 15.9. The highest BCUT2D eigenvalue weighted by Gasteiger charge is 2.13. The Morgan fingerprint density at radius 1 is 1.09 bits per heavy atom. The molecule has 0 aliphatic carbocycles. The first-order valence-corrected chi connectivity index (χ1v) is 7.99. The summed E-state index contributed by atoms with van der Waals surface area (Å²) in [5, 5.41) is 2.76. The summed E-state index contributed by atoms with van der Waals surface area (Å²) < 4.78 is 5.85. The van der Waals surface area contributed by atoms with Gasteiger partial charge in [0.1, 0.15) is 0 Å². The van der Waals surface area contributed by atoms with Gasteiger partial charge in [-0.1, -0.05) is 37.3 Å². The van der Waals surface area contributed by atoms with E-state index in [1.54, 1.807) is 12.1 Å². The molecule has 0 fully saturated rings. The van der Waals surface area contributed by atoms with Crippen molar-refractivity contribution in [3.63, 3.8) is 0 Å². The molecule has 4 nitrogen and oxygen atoms in total. The fraction of sp³-hybridized carbons (Fsp3) is 0.176. The number of halogens is 1. The minimum atomic E-state index is -0.496. The van der Waals surface area contributed by atoms with Gasteiger partial charge in [-0.15, -0.1) is 0 Å². The van der Waals surface area contributed by atoms with E-state index in [1.807, 2.05) is 43.3 Å². The van der Waals surface area contributed by atoms with E-state index in [2.05, 4.69) is 27.9 Å². The van der Waals surface area contributed by atoms with Crippen molar-refractivity contribution in [2.75, 3.05) is 11.9 Å². The smallest absolute Gasteiger partial charge is 0.339 e. The third kappa shape index (κ3) is 4.30. The van der Waals surface area contributed by atoms with Gasteiger partial charge in [0.15, 0.2) is 6.61 Å². The molecule has 114 valence electrons. The van der Waals surface area contributed by atoms with Crippen molar-refractivity contribution in [2.24, 2.45) is 0 Å². The van der Waals surface area contributed by atoms with Crippen LogP contribution in [0.1, 0.15) is 22.8 Å². The first-order valence-electron chi connectivity index (χ1n) is 6.91. The minimum absolute atomic E-state index is 0.304. The predicted octanol–water partition coefficient (Wildman–Crippen LogP) is 3.65. The zero-order valence-electron chi connectivity index (χ0n) is 12.1. The van der Waals surface area contributed by atoms with Gasteiger partial charge in [0.05, 0.1) is 5.56 Å². The number of aryl methyl sites for hydroxylation is 1. The summed E-state index contributed by atoms with van der Waals surface area (Å²) in [6.45, 7) is 1.71. The van der Waals surface area contributed by atoms with E-state index in [0.29, 0.717) is 5.56 Å². The number of amides is 1. The number of esters is 1. The van der Waals surface area contributed by atoms with Gasteiger partial charge in [0.2, 0.25) is 0 Å². The van der Waals surface area contributed by atoms with Gasteiger partial charge in [0, 0.05) is 9.26 Å². The molecule has 0 aromatic heterocycles. The Morgan fingerprint density at radius 3 is 2.50 bits per heavy atom. The Balaban J connectivity index is 1.93. The fourth-order valence-electron chi connectivity index (χ4n) is 1.97. The van der Waals surface area contributed by atoms with E-state index in [-0.39, 0.29) is 12.5 Å². The summed E-state index contributed by atoms with van der Waals surface area (Å²) in [6.07, 6.45) is 0.818. The third-order valence-electron chi connectivity index (χ3n) is 3.10. The maximum atomic E-state index is 11.9. The van der Waals surface area contributed by atoms with Crippen LogP contribution in [0.4, 0.5) is 5.69 Å². The molecular weight excluding hydrogens is 393 g/mol. The summed E-state index contributed by atoms with van der Waals surface area (Å²) in [7, 11) is 0. The Morgan fingerprint density at radius 2 is 1.77 bits per heavy atom. The number of ether oxygens (including phenoxy) is 1. The summed E-state index contributed by atoms with van der Waals surface area (Å²) in [4.78, 5) is 23.8. The van der Waals surface area contributed by atoms with Crippen LogP contribution < -0.4 is 5.32 Å². The van der Waals surface area contributed by atoms with Crippen LogP contribution in [-0.4, -0.2) is 18.5 Å². The standard InChI is InChI=1S/C17H16INO3/c1-2-12-7-3-6-10-15(12)19-16(20)11-22-17(21)13-8-4-5-9-14(13)18/h3-10H,2,11H2,1H3,(H,19,20). The second kappa shape index (κ2) is 7.93. The molecule has 0 spiro atoms. The number of hydrogen-bond donors (Lipinski definition) is 1. The first kappa shape index (κ1) is 16.5. The average Bonchev–Trinajstić information content (AvgIpc) is 2.53. The SMILES string of the molecule is CCc1ccccc1NC(=O)COC(=O)c1ccccc1I. The molecule has 2 rings (SSSR count). The van der Waals surface area contributed by atoms with Gasteiger partial charge in [-0.05, 0) is 52.8 Å². The van der Waals surface area contributed by atoms with E-state index in [4.69, 9.17) is 4.74 Å². The maximum absolute atomic E-state index is 11.9. The number of carbonyl (C=O) groups excluding carboxylic acids is 2. The van der Waals surface area contributed by atoms with Gasteiger partial charge >= 0.3 is 5.97 Å². The highest BCUT2D eigenvalue weighted by Crippen LogP contribution is 2.16. The highest BCUT2D eigenvalue weighted by atomic mass is 127. The van der Waals surface area contributed by atoms with Gasteiger partial charge < -0.3 is 10.1 Å². The van der Waals surface area contributed by atoms with E-state index in [9.17, 15) is 9.59 Å². The number of carbonyl (C=O) groups is 2. The van der Waals surface area contributed by atoms with Crippen LogP contribution in [0.3, 0.4) is 0 Å². The highest BCUT2D eigenvalue weighted by molar-refractivity contribution is 14.1. The van der Waals surface area contributed by atoms with Crippen molar-refractivity contribution in [1.82, 2.24) is 0 Å². The van der Waals surface area contributed by atoms with Crippen molar-refractivity contribution >= 4 is 40.2 Å². The second-order valence-electron chi connectivity index (χ2n) is 4.61. The van der Waals surface area contributed by atoms with E-state index < -0.39 is 5.97 Å². The van der Waals surface area contributed by atoms with Crippen LogP contribution in [0.25, 0.3) is 0 Å². The molecule has 0 unspecified atom stereocenters. The maximum Gasteiger partial charge on any atom is 0.339 e. The first-order chi connectivity index (χ1) is 10.6. The topological polar surface area (TPSA) is 55.4 Å². The number of para-hydroxylation sites is 1. The lowest BCUT2D eigenvalue weighted by Gasteiger charge is -2.10. The lowest BCUT2D eigenvalue weighted by atomic mass is 10.1. The van der Waals surface area contributed by atoms with Crippen LogP contribution in [-0.2, 0) is 16.0 Å². The van der Waals surface area contributed by atoms with Crippen molar-refractivity contribution in [1.29, 1.82) is 0 Å². The molecule has 0 bridgehead atoms. The summed E-state index contributed by atoms with van der Waals surface area (Å²) >= 11 is 2.06. The molecule has 0 saturated heterocycles. The lowest BCUT2D eigenvalue weighted by Crippen LogP contribution is -2.21. The van der Waals surface area contributed by atoms with E-state index in [1.165, 1.54) is 0 Å². The van der Waals surface area contributed by atoms with Crippen LogP contribution in [0.2, 0.25) is 0 Å². The molecule has 0 atom stereocenters. The van der Waals surface area contributed by atoms with Gasteiger partial charge in [-0.3, -0.25) is 4.79 Å². The molecule has 0 aliphatic rings. The molecule has 0 aliphatic heterocycles. The molecule has 0 heterocycles. The molecule has 22 heavy (non-hydrogen) atoms. The molecule has 2 aromatic rings. The number of nitrogens with one attached hydrogen (secondary N) is 1. The predicted molar refractivity (Wildman–Crippen MR) is 93.9 cm³/mol. The number of anilines is 1. The van der Waals surface area contributed by atoms with Crippen molar-refractivity contribution < 1.29 is 14.3 Å². The Labute approximate surface area is 143 Å². The van der Waals surface area contributed by atoms with Crippen molar-refractivity contribution in [3.05, 3.63) is 63.2 Å². The molecular formula is C17H16INO3. The molecule has 0 saturated carbocycles. The molecule has 1 amide bonds. The summed E-state index contributed by atoms with van der Waals surface area (Å²) in [5.74, 6) is -0.843.